The number of thiocarbonyl (C=S) groups is 1. The van der Waals surface area contributed by atoms with Crippen LogP contribution in [0.4, 0.5) is 0 Å². The number of thioether (sulfide) groups is 1. The molecule has 5 heteroatoms. The molecule has 0 N–H and O–H groups in total. The average Bonchev–Trinajstić information content (AvgIpc) is 1.96. The molecule has 0 bridgehead atoms. The Morgan fingerprint density at radius 3 is 2.25 bits per heavy atom. The summed E-state index contributed by atoms with van der Waals surface area (Å²) in [5.74, 6) is 0.867. The highest BCUT2D eigenvalue weighted by molar-refractivity contribution is 8.22. The number of hydrogen-bond acceptors (Lipinski definition) is 5. The number of hydrogen-bond donors (Lipinski definition) is 0. The molecule has 0 saturated heterocycles. The van der Waals surface area contributed by atoms with Crippen molar-refractivity contribution in [2.24, 2.45) is 0 Å². The van der Waals surface area contributed by atoms with Crippen LogP contribution < -0.4 is 0 Å². The van der Waals surface area contributed by atoms with Crippen LogP contribution in [0.25, 0.3) is 0 Å². The van der Waals surface area contributed by atoms with Crippen molar-refractivity contribution in [3.63, 3.8) is 0 Å². The molecule has 72 valence electrons. The Morgan fingerprint density at radius 2 is 1.83 bits per heavy atom. The van der Waals surface area contributed by atoms with E-state index in [2.05, 4.69) is 4.90 Å². The summed E-state index contributed by atoms with van der Waals surface area (Å²) in [6, 6.07) is 0. The lowest BCUT2D eigenvalue weighted by Crippen LogP contribution is -2.19. The van der Waals surface area contributed by atoms with Crippen LogP contribution in [-0.2, 0) is 4.74 Å². The fraction of sp³-hybridized carbons (Fsp3) is 0.857. The molecule has 0 amide bonds. The zero-order valence-corrected chi connectivity index (χ0v) is 9.67. The van der Waals surface area contributed by atoms with Crippen LogP contribution in [0.1, 0.15) is 0 Å². The lowest BCUT2D eigenvalue weighted by Gasteiger charge is -2.13. The predicted molar refractivity (Wildman–Crippen MR) is 58.4 cm³/mol. The topological polar surface area (TPSA) is 15.7 Å². The first-order valence-corrected chi connectivity index (χ1v) is 5.00. The van der Waals surface area contributed by atoms with Gasteiger partial charge < -0.3 is 4.74 Å². The van der Waals surface area contributed by atoms with E-state index in [1.54, 1.807) is 0 Å². The van der Waals surface area contributed by atoms with Gasteiger partial charge in [0.05, 0.1) is 5.88 Å². The number of nitrogens with zero attached hydrogens (tertiary/aromatic N) is 2. The molecule has 0 heterocycles. The Labute approximate surface area is 84.0 Å². The molecule has 0 fully saturated rings. The van der Waals surface area contributed by atoms with Gasteiger partial charge in [0, 0.05) is 0 Å². The van der Waals surface area contributed by atoms with Crippen molar-refractivity contribution in [2.75, 3.05) is 40.8 Å². The second-order valence-electron chi connectivity index (χ2n) is 2.96. The van der Waals surface area contributed by atoms with Crippen molar-refractivity contribution >= 4 is 28.4 Å². The first-order valence-electron chi connectivity index (χ1n) is 3.61. The summed E-state index contributed by atoms with van der Waals surface area (Å²) in [6.45, 7) is 0.555. The van der Waals surface area contributed by atoms with E-state index in [0.717, 1.165) is 5.88 Å². The second-order valence-corrected chi connectivity index (χ2v) is 4.50. The molecule has 0 saturated carbocycles. The van der Waals surface area contributed by atoms with Crippen LogP contribution in [0.5, 0.6) is 0 Å². The molecule has 0 spiro atoms. The van der Waals surface area contributed by atoms with E-state index in [9.17, 15) is 0 Å². The van der Waals surface area contributed by atoms with Gasteiger partial charge in [-0.25, -0.2) is 0 Å². The Morgan fingerprint density at radius 1 is 1.25 bits per heavy atom. The Bertz CT molecular complexity index is 125. The molecule has 12 heavy (non-hydrogen) atoms. The zero-order valence-electron chi connectivity index (χ0n) is 8.03. The standard InChI is InChI=1S/C7H16N2OS2/c1-8(2)5-10-7(11)12-6-9(3)4/h5-6H2,1-4H3. The van der Waals surface area contributed by atoms with Gasteiger partial charge in [-0.05, 0) is 40.4 Å². The zero-order chi connectivity index (χ0) is 9.56. The quantitative estimate of drug-likeness (QED) is 0.505. The van der Waals surface area contributed by atoms with Gasteiger partial charge in [-0.15, -0.1) is 0 Å². The maximum absolute atomic E-state index is 5.25. The summed E-state index contributed by atoms with van der Waals surface area (Å²) in [7, 11) is 7.89. The van der Waals surface area contributed by atoms with Crippen LogP contribution in [-0.4, -0.2) is 55.0 Å². The van der Waals surface area contributed by atoms with E-state index in [-0.39, 0.29) is 0 Å². The van der Waals surface area contributed by atoms with Crippen molar-refractivity contribution in [2.45, 2.75) is 0 Å². The summed E-state index contributed by atoms with van der Waals surface area (Å²) in [6.07, 6.45) is 0. The van der Waals surface area contributed by atoms with Gasteiger partial charge >= 0.3 is 0 Å². The fourth-order valence-corrected chi connectivity index (χ4v) is 1.12. The fourth-order valence-electron chi connectivity index (χ4n) is 0.405. The Hall–Kier alpha value is 0.160. The summed E-state index contributed by atoms with van der Waals surface area (Å²) in [5.41, 5.74) is 0. The summed E-state index contributed by atoms with van der Waals surface area (Å²) >= 11 is 6.51. The van der Waals surface area contributed by atoms with Gasteiger partial charge in [-0.1, -0.05) is 11.8 Å². The summed E-state index contributed by atoms with van der Waals surface area (Å²) < 4.78 is 5.86. The molecule has 0 aromatic rings. The minimum absolute atomic E-state index is 0.555. The second kappa shape index (κ2) is 6.65. The van der Waals surface area contributed by atoms with Crippen molar-refractivity contribution < 1.29 is 4.74 Å². The first-order chi connectivity index (χ1) is 5.52. The SMILES string of the molecule is CN(C)COC(=S)SCN(C)C. The average molecular weight is 208 g/mol. The van der Waals surface area contributed by atoms with E-state index in [1.165, 1.54) is 11.8 Å². The largest absolute Gasteiger partial charge is 0.462 e. The highest BCUT2D eigenvalue weighted by Crippen LogP contribution is 2.06. The van der Waals surface area contributed by atoms with Crippen molar-refractivity contribution in [3.05, 3.63) is 0 Å². The van der Waals surface area contributed by atoms with Gasteiger partial charge in [0.15, 0.2) is 0 Å². The Kier molecular flexibility index (Phi) is 6.74. The monoisotopic (exact) mass is 208 g/mol. The number of ether oxygens (including phenoxy) is 1. The van der Waals surface area contributed by atoms with E-state index >= 15 is 0 Å². The van der Waals surface area contributed by atoms with Crippen LogP contribution >= 0.6 is 24.0 Å². The van der Waals surface area contributed by atoms with Crippen LogP contribution in [0.15, 0.2) is 0 Å². The lowest BCUT2D eigenvalue weighted by molar-refractivity contribution is 0.178. The normalized spacial score (nSPS) is 10.8. The van der Waals surface area contributed by atoms with Crippen LogP contribution in [0.2, 0.25) is 0 Å². The van der Waals surface area contributed by atoms with Gasteiger partial charge in [-0.3, -0.25) is 9.80 Å². The molecule has 0 aliphatic heterocycles. The molecule has 0 atom stereocenters. The Balaban J connectivity index is 3.34. The molecule has 0 aliphatic rings. The van der Waals surface area contributed by atoms with Crippen molar-refractivity contribution in [1.29, 1.82) is 0 Å². The molecule has 0 rings (SSSR count). The van der Waals surface area contributed by atoms with Crippen molar-refractivity contribution in [3.8, 4) is 0 Å². The maximum atomic E-state index is 5.25. The molecule has 0 unspecified atom stereocenters. The third-order valence-corrected chi connectivity index (χ3v) is 2.35. The van der Waals surface area contributed by atoms with Gasteiger partial charge in [0.2, 0.25) is 4.38 Å². The third-order valence-electron chi connectivity index (χ3n) is 0.881. The van der Waals surface area contributed by atoms with Gasteiger partial charge in [-0.2, -0.15) is 0 Å². The number of rotatable bonds is 4. The van der Waals surface area contributed by atoms with Crippen molar-refractivity contribution in [1.82, 2.24) is 9.80 Å². The molecule has 0 aliphatic carbocycles. The van der Waals surface area contributed by atoms with Crippen LogP contribution in [0.3, 0.4) is 0 Å². The van der Waals surface area contributed by atoms with E-state index < -0.39 is 0 Å². The molecule has 3 nitrogen and oxygen atoms in total. The summed E-state index contributed by atoms with van der Waals surface area (Å²) in [5, 5.41) is 0. The smallest absolute Gasteiger partial charge is 0.222 e. The van der Waals surface area contributed by atoms with E-state index in [1.807, 2.05) is 33.1 Å². The predicted octanol–water partition coefficient (Wildman–Crippen LogP) is 1.06. The van der Waals surface area contributed by atoms with Crippen LogP contribution in [0, 0.1) is 0 Å². The van der Waals surface area contributed by atoms with E-state index in [0.29, 0.717) is 11.1 Å². The minimum Gasteiger partial charge on any atom is -0.462 e. The maximum Gasteiger partial charge on any atom is 0.222 e. The van der Waals surface area contributed by atoms with Gasteiger partial charge in [0.25, 0.3) is 0 Å². The summed E-state index contributed by atoms with van der Waals surface area (Å²) in [4.78, 5) is 3.98. The van der Waals surface area contributed by atoms with E-state index in [4.69, 9.17) is 17.0 Å². The highest BCUT2D eigenvalue weighted by Gasteiger charge is 1.99. The molecule has 0 radical (unpaired) electrons. The molecular formula is C7H16N2OS2. The highest BCUT2D eigenvalue weighted by atomic mass is 32.2. The van der Waals surface area contributed by atoms with Gasteiger partial charge in [0.1, 0.15) is 6.73 Å². The molecule has 0 aromatic carbocycles. The molecular weight excluding hydrogens is 192 g/mol. The third kappa shape index (κ3) is 8.26. The molecule has 0 aromatic heterocycles. The first kappa shape index (κ1) is 12.2. The minimum atomic E-state index is 0.555. The lowest BCUT2D eigenvalue weighted by atomic mass is 10.9.